The Morgan fingerprint density at radius 1 is 1.03 bits per heavy atom. The van der Waals surface area contributed by atoms with Gasteiger partial charge in [-0.2, -0.15) is 4.98 Å². The summed E-state index contributed by atoms with van der Waals surface area (Å²) in [5.74, 6) is 0.890. The summed E-state index contributed by atoms with van der Waals surface area (Å²) in [5.41, 5.74) is 3.71. The summed E-state index contributed by atoms with van der Waals surface area (Å²) in [6.45, 7) is 4.31. The molecule has 0 fully saturated rings. The number of hydrogen-bond donors (Lipinski definition) is 1. The van der Waals surface area contributed by atoms with Crippen LogP contribution in [0.15, 0.2) is 47.3 Å². The van der Waals surface area contributed by atoms with Gasteiger partial charge in [-0.1, -0.05) is 29.8 Å². The van der Waals surface area contributed by atoms with Crippen LogP contribution in [0, 0.1) is 13.8 Å². The fraction of sp³-hybridized carbons (Fsp3) is 0.261. The Balaban J connectivity index is 1.76. The van der Waals surface area contributed by atoms with E-state index in [4.69, 9.17) is 9.47 Å². The summed E-state index contributed by atoms with van der Waals surface area (Å²) in [6, 6.07) is 13.0. The van der Waals surface area contributed by atoms with Crippen molar-refractivity contribution in [2.45, 2.75) is 26.9 Å². The Bertz CT molecular complexity index is 1340. The molecule has 31 heavy (non-hydrogen) atoms. The molecule has 0 saturated carbocycles. The van der Waals surface area contributed by atoms with E-state index < -0.39 is 0 Å². The highest BCUT2D eigenvalue weighted by atomic mass is 16.5. The maximum absolute atomic E-state index is 12.8. The van der Waals surface area contributed by atoms with Crippen molar-refractivity contribution in [1.82, 2.24) is 19.5 Å². The van der Waals surface area contributed by atoms with Gasteiger partial charge in [-0.3, -0.25) is 14.3 Å². The van der Waals surface area contributed by atoms with Crippen LogP contribution in [0.4, 0.5) is 0 Å². The van der Waals surface area contributed by atoms with E-state index >= 15 is 0 Å². The maximum Gasteiger partial charge on any atom is 0.273 e. The molecule has 0 aliphatic rings. The monoisotopic (exact) mass is 420 g/mol. The lowest BCUT2D eigenvalue weighted by atomic mass is 10.1. The van der Waals surface area contributed by atoms with Gasteiger partial charge in [-0.15, -0.1) is 0 Å². The minimum atomic E-state index is -0.338. The fourth-order valence-corrected chi connectivity index (χ4v) is 3.69. The molecule has 0 aliphatic heterocycles. The average molecular weight is 420 g/mol. The molecule has 1 N–H and O–H groups in total. The van der Waals surface area contributed by atoms with Crippen molar-refractivity contribution in [3.63, 3.8) is 0 Å². The molecule has 2 aromatic heterocycles. The average Bonchev–Trinajstić information content (AvgIpc) is 3.04. The highest BCUT2D eigenvalue weighted by molar-refractivity contribution is 5.96. The van der Waals surface area contributed by atoms with Crippen molar-refractivity contribution in [3.8, 4) is 11.5 Å². The van der Waals surface area contributed by atoms with E-state index in [9.17, 15) is 9.59 Å². The minimum Gasteiger partial charge on any atom is -0.493 e. The minimum absolute atomic E-state index is 0.0483. The molecule has 0 saturated heterocycles. The zero-order valence-corrected chi connectivity index (χ0v) is 17.9. The van der Waals surface area contributed by atoms with Crippen LogP contribution in [0.5, 0.6) is 11.5 Å². The zero-order valence-electron chi connectivity index (χ0n) is 17.9. The normalized spacial score (nSPS) is 11.1. The Labute approximate surface area is 179 Å². The lowest BCUT2D eigenvalue weighted by Crippen LogP contribution is -2.29. The summed E-state index contributed by atoms with van der Waals surface area (Å²) >= 11 is 0. The van der Waals surface area contributed by atoms with E-state index in [1.54, 1.807) is 35.5 Å². The molecule has 4 aromatic rings. The van der Waals surface area contributed by atoms with E-state index in [2.05, 4.69) is 10.3 Å². The first-order chi connectivity index (χ1) is 14.9. The van der Waals surface area contributed by atoms with Crippen molar-refractivity contribution in [2.75, 3.05) is 14.2 Å². The third kappa shape index (κ3) is 3.84. The highest BCUT2D eigenvalue weighted by Gasteiger charge is 2.19. The smallest absolute Gasteiger partial charge is 0.273 e. The van der Waals surface area contributed by atoms with Gasteiger partial charge < -0.3 is 14.8 Å². The summed E-state index contributed by atoms with van der Waals surface area (Å²) in [4.78, 5) is 29.1. The van der Waals surface area contributed by atoms with Gasteiger partial charge in [0.2, 0.25) is 5.91 Å². The molecule has 0 aliphatic carbocycles. The van der Waals surface area contributed by atoms with Gasteiger partial charge in [-0.25, -0.2) is 4.52 Å². The van der Waals surface area contributed by atoms with Gasteiger partial charge in [0.05, 0.1) is 19.7 Å². The Morgan fingerprint density at radius 2 is 1.71 bits per heavy atom. The number of benzene rings is 2. The second kappa shape index (κ2) is 8.14. The topological polar surface area (TPSA) is 86.9 Å². The standard InChI is InChI=1S/C23H24N4O4/c1-14-5-7-16(8-6-14)12-24-22(29)13-26-18-11-20(31-4)19(30-3)10-17(18)23-25-21(28)9-15(2)27(23)26/h5-11H,12-13H2,1-4H3,(H,24,29). The van der Waals surface area contributed by atoms with Gasteiger partial charge >= 0.3 is 0 Å². The summed E-state index contributed by atoms with van der Waals surface area (Å²) in [6.07, 6.45) is 0. The van der Waals surface area contributed by atoms with Crippen LogP contribution < -0.4 is 20.3 Å². The molecule has 160 valence electrons. The number of nitrogens with zero attached hydrogens (tertiary/aromatic N) is 3. The molecule has 8 nitrogen and oxygen atoms in total. The largest absolute Gasteiger partial charge is 0.493 e. The van der Waals surface area contributed by atoms with Gasteiger partial charge in [0, 0.05) is 29.8 Å². The highest BCUT2D eigenvalue weighted by Crippen LogP contribution is 2.34. The number of hydrogen-bond acceptors (Lipinski definition) is 5. The van der Waals surface area contributed by atoms with Crippen LogP contribution in [-0.2, 0) is 17.9 Å². The quantitative estimate of drug-likeness (QED) is 0.518. The Kier molecular flexibility index (Phi) is 5.37. The van der Waals surface area contributed by atoms with E-state index in [-0.39, 0.29) is 18.0 Å². The molecule has 0 bridgehead atoms. The first kappa shape index (κ1) is 20.5. The third-order valence-corrected chi connectivity index (χ3v) is 5.25. The van der Waals surface area contributed by atoms with Crippen molar-refractivity contribution in [2.24, 2.45) is 0 Å². The molecular formula is C23H24N4O4. The number of nitrogens with one attached hydrogen (secondary N) is 1. The number of carbonyl (C=O) groups excluding carboxylic acids is 1. The lowest BCUT2D eigenvalue weighted by molar-refractivity contribution is -0.122. The van der Waals surface area contributed by atoms with Crippen LogP contribution in [0.3, 0.4) is 0 Å². The van der Waals surface area contributed by atoms with E-state index in [1.807, 2.05) is 38.1 Å². The number of fused-ring (bicyclic) bond motifs is 3. The first-order valence-electron chi connectivity index (χ1n) is 9.88. The van der Waals surface area contributed by atoms with Crippen LogP contribution in [0.2, 0.25) is 0 Å². The fourth-order valence-electron chi connectivity index (χ4n) is 3.69. The van der Waals surface area contributed by atoms with Crippen molar-refractivity contribution in [1.29, 1.82) is 0 Å². The van der Waals surface area contributed by atoms with E-state index in [0.29, 0.717) is 40.3 Å². The zero-order chi connectivity index (χ0) is 22.1. The second-order valence-electron chi connectivity index (χ2n) is 7.42. The summed E-state index contributed by atoms with van der Waals surface area (Å²) < 4.78 is 14.4. The maximum atomic E-state index is 12.8. The Morgan fingerprint density at radius 3 is 2.39 bits per heavy atom. The number of ether oxygens (including phenoxy) is 2. The SMILES string of the molecule is COc1cc2c(cc1OC)n(CC(=O)NCc1ccc(C)cc1)n1c(C)cc(=O)nc21. The van der Waals surface area contributed by atoms with Gasteiger partial charge in [0.1, 0.15) is 6.54 Å². The molecule has 2 aromatic carbocycles. The molecule has 4 rings (SSSR count). The molecule has 2 heterocycles. The van der Waals surface area contributed by atoms with Gasteiger partial charge in [0.15, 0.2) is 17.1 Å². The molecule has 0 radical (unpaired) electrons. The van der Waals surface area contributed by atoms with E-state index in [1.165, 1.54) is 11.6 Å². The number of amides is 1. The number of methoxy groups -OCH3 is 2. The lowest BCUT2D eigenvalue weighted by Gasteiger charge is -2.12. The van der Waals surface area contributed by atoms with Gasteiger partial charge in [0.25, 0.3) is 5.56 Å². The van der Waals surface area contributed by atoms with Crippen molar-refractivity contribution in [3.05, 3.63) is 69.6 Å². The Hall–Kier alpha value is -3.81. The van der Waals surface area contributed by atoms with Crippen LogP contribution in [0.25, 0.3) is 16.6 Å². The predicted molar refractivity (Wildman–Crippen MR) is 118 cm³/mol. The molecule has 0 unspecified atom stereocenters. The summed E-state index contributed by atoms with van der Waals surface area (Å²) in [5, 5.41) is 3.66. The van der Waals surface area contributed by atoms with Crippen molar-refractivity contribution < 1.29 is 14.3 Å². The van der Waals surface area contributed by atoms with E-state index in [0.717, 1.165) is 5.56 Å². The van der Waals surface area contributed by atoms with Crippen LogP contribution >= 0.6 is 0 Å². The first-order valence-corrected chi connectivity index (χ1v) is 9.88. The van der Waals surface area contributed by atoms with Crippen LogP contribution in [-0.4, -0.2) is 34.3 Å². The molecular weight excluding hydrogens is 396 g/mol. The number of aromatic nitrogens is 3. The second-order valence-corrected chi connectivity index (χ2v) is 7.42. The molecule has 0 spiro atoms. The van der Waals surface area contributed by atoms with Gasteiger partial charge in [-0.05, 0) is 25.5 Å². The van der Waals surface area contributed by atoms with Crippen LogP contribution in [0.1, 0.15) is 16.8 Å². The predicted octanol–water partition coefficient (Wildman–Crippen LogP) is 2.60. The number of aryl methyl sites for hydroxylation is 2. The summed E-state index contributed by atoms with van der Waals surface area (Å²) in [7, 11) is 3.10. The third-order valence-electron chi connectivity index (χ3n) is 5.25. The van der Waals surface area contributed by atoms with Crippen molar-refractivity contribution >= 4 is 22.5 Å². The number of rotatable bonds is 6. The molecule has 8 heteroatoms. The molecule has 1 amide bonds. The number of carbonyl (C=O) groups is 1. The molecule has 0 atom stereocenters.